The molecule has 0 spiro atoms. The van der Waals surface area contributed by atoms with Crippen LogP contribution in [0.25, 0.3) is 0 Å². The molecule has 2 rings (SSSR count). The third kappa shape index (κ3) is 6.27. The fraction of sp³-hybridized carbons (Fsp3) is 0.350. The molecule has 0 unspecified atom stereocenters. The van der Waals surface area contributed by atoms with Crippen LogP contribution >= 0.6 is 24.0 Å². The van der Waals surface area contributed by atoms with Crippen molar-refractivity contribution in [3.63, 3.8) is 0 Å². The number of carbonyl (C=O) groups excluding carboxylic acids is 1. The van der Waals surface area contributed by atoms with E-state index in [1.54, 1.807) is 0 Å². The van der Waals surface area contributed by atoms with Gasteiger partial charge in [0.25, 0.3) is 5.91 Å². The number of hydrogen-bond donors (Lipinski definition) is 2. The largest absolute Gasteiger partial charge is 0.496 e. The van der Waals surface area contributed by atoms with Crippen LogP contribution < -0.4 is 15.8 Å². The van der Waals surface area contributed by atoms with Gasteiger partial charge in [-0.1, -0.05) is 23.7 Å². The van der Waals surface area contributed by atoms with E-state index in [-0.39, 0.29) is 18.3 Å². The molecule has 0 saturated carbocycles. The van der Waals surface area contributed by atoms with E-state index in [2.05, 4.69) is 5.32 Å². The maximum absolute atomic E-state index is 12.7. The SMILES string of the molecule is CCOCCOCc1cccc(NC(=O)c2cc(Cl)c(N)cc2OC)c1C.Cl. The van der Waals surface area contributed by atoms with Crippen molar-refractivity contribution in [2.75, 3.05) is 38.0 Å². The lowest BCUT2D eigenvalue weighted by Gasteiger charge is -2.15. The van der Waals surface area contributed by atoms with Gasteiger partial charge < -0.3 is 25.3 Å². The fourth-order valence-corrected chi connectivity index (χ4v) is 2.69. The second-order valence-electron chi connectivity index (χ2n) is 5.87. The molecular formula is C20H26Cl2N2O4. The van der Waals surface area contributed by atoms with Crippen LogP contribution in [0.1, 0.15) is 28.4 Å². The normalized spacial score (nSPS) is 10.3. The highest BCUT2D eigenvalue weighted by atomic mass is 35.5. The van der Waals surface area contributed by atoms with Crippen molar-refractivity contribution in [2.24, 2.45) is 0 Å². The Morgan fingerprint density at radius 1 is 1.21 bits per heavy atom. The van der Waals surface area contributed by atoms with Crippen LogP contribution in [0.2, 0.25) is 5.02 Å². The quantitative estimate of drug-likeness (QED) is 0.454. The van der Waals surface area contributed by atoms with Gasteiger partial charge in [0.2, 0.25) is 0 Å². The Morgan fingerprint density at radius 2 is 1.93 bits per heavy atom. The van der Waals surface area contributed by atoms with E-state index in [1.807, 2.05) is 32.0 Å². The summed E-state index contributed by atoms with van der Waals surface area (Å²) in [6.45, 7) is 6.07. The van der Waals surface area contributed by atoms with Crippen LogP contribution in [0.5, 0.6) is 5.75 Å². The molecule has 2 aromatic rings. The molecule has 0 bridgehead atoms. The lowest BCUT2D eigenvalue weighted by molar-refractivity contribution is 0.0451. The average molecular weight is 429 g/mol. The minimum Gasteiger partial charge on any atom is -0.496 e. The minimum absolute atomic E-state index is 0. The van der Waals surface area contributed by atoms with E-state index < -0.39 is 0 Å². The van der Waals surface area contributed by atoms with Gasteiger partial charge in [0, 0.05) is 18.4 Å². The van der Waals surface area contributed by atoms with Gasteiger partial charge in [0.05, 0.1) is 43.2 Å². The summed E-state index contributed by atoms with van der Waals surface area (Å²) in [7, 11) is 1.48. The number of amides is 1. The van der Waals surface area contributed by atoms with Gasteiger partial charge in [-0.3, -0.25) is 4.79 Å². The molecule has 0 radical (unpaired) electrons. The zero-order valence-electron chi connectivity index (χ0n) is 16.2. The van der Waals surface area contributed by atoms with Crippen molar-refractivity contribution >= 4 is 41.3 Å². The molecule has 0 aromatic heterocycles. The van der Waals surface area contributed by atoms with Crippen molar-refractivity contribution in [3.8, 4) is 5.75 Å². The van der Waals surface area contributed by atoms with E-state index in [9.17, 15) is 4.79 Å². The molecule has 154 valence electrons. The van der Waals surface area contributed by atoms with E-state index in [0.29, 0.717) is 54.1 Å². The lowest BCUT2D eigenvalue weighted by Crippen LogP contribution is -2.15. The number of halogens is 2. The smallest absolute Gasteiger partial charge is 0.259 e. The number of nitrogen functional groups attached to an aromatic ring is 1. The first-order valence-electron chi connectivity index (χ1n) is 8.66. The van der Waals surface area contributed by atoms with Gasteiger partial charge in [-0.15, -0.1) is 12.4 Å². The van der Waals surface area contributed by atoms with Crippen LogP contribution in [-0.2, 0) is 16.1 Å². The van der Waals surface area contributed by atoms with Crippen LogP contribution in [0.4, 0.5) is 11.4 Å². The number of benzene rings is 2. The highest BCUT2D eigenvalue weighted by molar-refractivity contribution is 6.33. The molecular weight excluding hydrogens is 403 g/mol. The Hall–Kier alpha value is -1.99. The maximum atomic E-state index is 12.7. The molecule has 6 nitrogen and oxygen atoms in total. The summed E-state index contributed by atoms with van der Waals surface area (Å²) in [5, 5.41) is 3.20. The first kappa shape index (κ1) is 24.0. The molecule has 0 aliphatic carbocycles. The molecule has 2 aromatic carbocycles. The summed E-state index contributed by atoms with van der Waals surface area (Å²) < 4.78 is 16.1. The fourth-order valence-electron chi connectivity index (χ4n) is 2.52. The molecule has 8 heteroatoms. The maximum Gasteiger partial charge on any atom is 0.259 e. The highest BCUT2D eigenvalue weighted by Gasteiger charge is 2.16. The van der Waals surface area contributed by atoms with Crippen molar-refractivity contribution in [3.05, 3.63) is 52.0 Å². The van der Waals surface area contributed by atoms with Crippen LogP contribution in [0.3, 0.4) is 0 Å². The number of anilines is 2. The Labute approximate surface area is 176 Å². The second kappa shape index (κ2) is 11.8. The zero-order valence-corrected chi connectivity index (χ0v) is 17.8. The monoisotopic (exact) mass is 428 g/mol. The molecule has 0 aliphatic rings. The topological polar surface area (TPSA) is 82.8 Å². The van der Waals surface area contributed by atoms with Crippen molar-refractivity contribution in [2.45, 2.75) is 20.5 Å². The number of nitrogens with one attached hydrogen (secondary N) is 1. The molecule has 1 amide bonds. The second-order valence-corrected chi connectivity index (χ2v) is 6.27. The summed E-state index contributed by atoms with van der Waals surface area (Å²) in [5.41, 5.74) is 9.06. The molecule has 0 saturated heterocycles. The lowest BCUT2D eigenvalue weighted by atomic mass is 10.1. The van der Waals surface area contributed by atoms with E-state index in [0.717, 1.165) is 11.1 Å². The van der Waals surface area contributed by atoms with E-state index >= 15 is 0 Å². The number of methoxy groups -OCH3 is 1. The van der Waals surface area contributed by atoms with Gasteiger partial charge in [0.1, 0.15) is 5.75 Å². The number of nitrogens with two attached hydrogens (primary N) is 1. The Morgan fingerprint density at radius 3 is 2.61 bits per heavy atom. The Balaban J connectivity index is 0.00000392. The number of ether oxygens (including phenoxy) is 3. The molecule has 28 heavy (non-hydrogen) atoms. The Bertz CT molecular complexity index is 800. The van der Waals surface area contributed by atoms with Gasteiger partial charge in [0.15, 0.2) is 0 Å². The standard InChI is InChI=1S/C20H25ClN2O4.ClH/c1-4-26-8-9-27-12-14-6-5-7-18(13(14)2)23-20(24)15-10-16(21)17(22)11-19(15)25-3;/h5-7,10-11H,4,8-9,12,22H2,1-3H3,(H,23,24);1H. The van der Waals surface area contributed by atoms with Crippen molar-refractivity contribution in [1.82, 2.24) is 0 Å². The first-order valence-corrected chi connectivity index (χ1v) is 9.04. The summed E-state index contributed by atoms with van der Waals surface area (Å²) in [5.74, 6) is 0.0359. The third-order valence-electron chi connectivity index (χ3n) is 4.09. The van der Waals surface area contributed by atoms with Gasteiger partial charge in [-0.25, -0.2) is 0 Å². The molecule has 0 fully saturated rings. The van der Waals surface area contributed by atoms with Crippen molar-refractivity contribution in [1.29, 1.82) is 0 Å². The van der Waals surface area contributed by atoms with Crippen molar-refractivity contribution < 1.29 is 19.0 Å². The average Bonchev–Trinajstić information content (AvgIpc) is 2.66. The van der Waals surface area contributed by atoms with E-state index in [1.165, 1.54) is 19.2 Å². The summed E-state index contributed by atoms with van der Waals surface area (Å²) >= 11 is 6.05. The molecule has 0 aliphatic heterocycles. The molecule has 3 N–H and O–H groups in total. The summed E-state index contributed by atoms with van der Waals surface area (Å²) in [6, 6.07) is 8.71. The summed E-state index contributed by atoms with van der Waals surface area (Å²) in [4.78, 5) is 12.7. The van der Waals surface area contributed by atoms with Gasteiger partial charge in [-0.05, 0) is 37.1 Å². The van der Waals surface area contributed by atoms with Gasteiger partial charge >= 0.3 is 0 Å². The molecule has 0 heterocycles. The van der Waals surface area contributed by atoms with Gasteiger partial charge in [-0.2, -0.15) is 0 Å². The summed E-state index contributed by atoms with van der Waals surface area (Å²) in [6.07, 6.45) is 0. The third-order valence-corrected chi connectivity index (χ3v) is 4.42. The number of rotatable bonds is 9. The highest BCUT2D eigenvalue weighted by Crippen LogP contribution is 2.30. The minimum atomic E-state index is -0.328. The molecule has 0 atom stereocenters. The number of hydrogen-bond acceptors (Lipinski definition) is 5. The first-order chi connectivity index (χ1) is 13.0. The zero-order chi connectivity index (χ0) is 19.8. The van der Waals surface area contributed by atoms with Crippen LogP contribution in [0, 0.1) is 6.92 Å². The van der Waals surface area contributed by atoms with Crippen LogP contribution in [0.15, 0.2) is 30.3 Å². The number of carbonyl (C=O) groups is 1. The predicted molar refractivity (Wildman–Crippen MR) is 115 cm³/mol. The van der Waals surface area contributed by atoms with E-state index in [4.69, 9.17) is 31.5 Å². The predicted octanol–water partition coefficient (Wildman–Crippen LogP) is 4.47. The van der Waals surface area contributed by atoms with Crippen LogP contribution in [-0.4, -0.2) is 32.8 Å². The Kier molecular flexibility index (Phi) is 10.1.